The fraction of sp³-hybridized carbons (Fsp3) is 0.100. The van der Waals surface area contributed by atoms with Crippen LogP contribution in [0, 0.1) is 0 Å². The Balaban J connectivity index is 2.46. The van der Waals surface area contributed by atoms with Crippen LogP contribution in [0.25, 0.3) is 0 Å². The molecule has 0 saturated carbocycles. The van der Waals surface area contributed by atoms with E-state index in [0.717, 1.165) is 11.8 Å². The van der Waals surface area contributed by atoms with E-state index >= 15 is 0 Å². The van der Waals surface area contributed by atoms with Crippen molar-refractivity contribution >= 4 is 29.1 Å². The number of rotatable bonds is 2. The first-order valence-corrected chi connectivity index (χ1v) is 6.07. The van der Waals surface area contributed by atoms with Gasteiger partial charge in [0.25, 0.3) is 0 Å². The monoisotopic (exact) mass is 284 g/mol. The quantitative estimate of drug-likeness (QED) is 0.630. The van der Waals surface area contributed by atoms with Crippen molar-refractivity contribution < 1.29 is 0 Å². The van der Waals surface area contributed by atoms with Crippen LogP contribution in [0.4, 0.5) is 5.69 Å². The highest BCUT2D eigenvalue weighted by molar-refractivity contribution is 7.99. The Labute approximate surface area is 111 Å². The van der Waals surface area contributed by atoms with E-state index in [9.17, 15) is 9.59 Å². The Kier molecular flexibility index (Phi) is 3.44. The molecule has 0 spiro atoms. The molecule has 0 bridgehead atoms. The lowest BCUT2D eigenvalue weighted by atomic mass is 10.3. The average Bonchev–Trinajstić information content (AvgIpc) is 2.32. The maximum atomic E-state index is 11.2. The van der Waals surface area contributed by atoms with Crippen LogP contribution in [-0.2, 0) is 7.05 Å². The van der Waals surface area contributed by atoms with E-state index in [1.165, 1.54) is 4.68 Å². The molecule has 0 amide bonds. The van der Waals surface area contributed by atoms with Gasteiger partial charge in [-0.1, -0.05) is 17.7 Å². The molecule has 1 heterocycles. The van der Waals surface area contributed by atoms with Gasteiger partial charge in [0, 0.05) is 11.9 Å². The van der Waals surface area contributed by atoms with E-state index < -0.39 is 11.1 Å². The third-order valence-corrected chi connectivity index (χ3v) is 3.61. The molecule has 0 atom stereocenters. The standard InChI is InChI=1S/C10H9ClN4O2S/c1-15-10(13-8(16)9(17)14-15)18-6-4-2-3-5(11)7(6)12/h2-4H,12H2,1H3,(H,14,17). The molecular formula is C10H9ClN4O2S. The Morgan fingerprint density at radius 1 is 1.44 bits per heavy atom. The summed E-state index contributed by atoms with van der Waals surface area (Å²) in [7, 11) is 1.58. The number of aryl methyl sites for hydroxylation is 1. The molecule has 6 nitrogen and oxygen atoms in total. The summed E-state index contributed by atoms with van der Waals surface area (Å²) in [5.74, 6) is 0. The Morgan fingerprint density at radius 2 is 2.17 bits per heavy atom. The molecule has 1 aromatic heterocycles. The van der Waals surface area contributed by atoms with Gasteiger partial charge in [-0.25, -0.2) is 0 Å². The van der Waals surface area contributed by atoms with Crippen LogP contribution in [-0.4, -0.2) is 14.8 Å². The smallest absolute Gasteiger partial charge is 0.339 e. The van der Waals surface area contributed by atoms with Crippen LogP contribution in [0.3, 0.4) is 0 Å². The second kappa shape index (κ2) is 4.87. The maximum Gasteiger partial charge on any atom is 0.339 e. The summed E-state index contributed by atoms with van der Waals surface area (Å²) >= 11 is 7.04. The first-order chi connectivity index (χ1) is 8.49. The number of anilines is 1. The fourth-order valence-corrected chi connectivity index (χ4v) is 2.36. The van der Waals surface area contributed by atoms with Gasteiger partial charge in [0.05, 0.1) is 10.7 Å². The van der Waals surface area contributed by atoms with Gasteiger partial charge in [0.2, 0.25) is 0 Å². The molecule has 8 heteroatoms. The van der Waals surface area contributed by atoms with Crippen LogP contribution in [0.2, 0.25) is 5.02 Å². The number of nitrogens with zero attached hydrogens (tertiary/aromatic N) is 2. The van der Waals surface area contributed by atoms with Crippen molar-refractivity contribution in [3.05, 3.63) is 43.9 Å². The van der Waals surface area contributed by atoms with E-state index in [-0.39, 0.29) is 0 Å². The summed E-state index contributed by atoms with van der Waals surface area (Å²) in [5, 5.41) is 3.11. The van der Waals surface area contributed by atoms with Crippen LogP contribution < -0.4 is 16.9 Å². The number of aromatic amines is 1. The normalized spacial score (nSPS) is 10.6. The van der Waals surface area contributed by atoms with Crippen molar-refractivity contribution in [2.75, 3.05) is 5.73 Å². The third-order valence-electron chi connectivity index (χ3n) is 2.16. The number of H-pyrrole nitrogens is 1. The zero-order valence-corrected chi connectivity index (χ0v) is 10.9. The van der Waals surface area contributed by atoms with Crippen LogP contribution in [0.15, 0.2) is 37.8 Å². The summed E-state index contributed by atoms with van der Waals surface area (Å²) in [6, 6.07) is 5.16. The van der Waals surface area contributed by atoms with Gasteiger partial charge < -0.3 is 5.73 Å². The number of halogens is 1. The van der Waals surface area contributed by atoms with Crippen molar-refractivity contribution in [2.24, 2.45) is 7.05 Å². The minimum atomic E-state index is -0.837. The molecule has 0 aliphatic heterocycles. The van der Waals surface area contributed by atoms with Crippen molar-refractivity contribution in [2.45, 2.75) is 10.1 Å². The lowest BCUT2D eigenvalue weighted by Crippen LogP contribution is -2.33. The first kappa shape index (κ1) is 12.7. The summed E-state index contributed by atoms with van der Waals surface area (Å²) in [4.78, 5) is 26.6. The number of para-hydroxylation sites is 1. The summed E-state index contributed by atoms with van der Waals surface area (Å²) < 4.78 is 1.36. The van der Waals surface area contributed by atoms with Gasteiger partial charge in [-0.2, -0.15) is 4.98 Å². The summed E-state index contributed by atoms with van der Waals surface area (Å²) in [6.45, 7) is 0. The zero-order chi connectivity index (χ0) is 13.3. The van der Waals surface area contributed by atoms with Gasteiger partial charge in [-0.15, -0.1) is 0 Å². The minimum absolute atomic E-state index is 0.327. The van der Waals surface area contributed by atoms with Gasteiger partial charge >= 0.3 is 11.1 Å². The van der Waals surface area contributed by atoms with Crippen LogP contribution >= 0.6 is 23.4 Å². The molecule has 1 aromatic carbocycles. The third kappa shape index (κ3) is 2.41. The maximum absolute atomic E-state index is 11.2. The summed E-state index contributed by atoms with van der Waals surface area (Å²) in [5.41, 5.74) is 4.62. The van der Waals surface area contributed by atoms with Crippen LogP contribution in [0.1, 0.15) is 0 Å². The number of hydrogen-bond donors (Lipinski definition) is 2. The van der Waals surface area contributed by atoms with E-state index in [2.05, 4.69) is 10.1 Å². The molecule has 0 fully saturated rings. The second-order valence-corrected chi connectivity index (χ2v) is 4.87. The second-order valence-electron chi connectivity index (χ2n) is 3.45. The van der Waals surface area contributed by atoms with E-state index in [1.54, 1.807) is 25.2 Å². The topological polar surface area (TPSA) is 93.8 Å². The minimum Gasteiger partial charge on any atom is -0.397 e. The van der Waals surface area contributed by atoms with E-state index in [0.29, 0.717) is 20.8 Å². The predicted octanol–water partition coefficient (Wildman–Crippen LogP) is 0.855. The predicted molar refractivity (Wildman–Crippen MR) is 70.1 cm³/mol. The molecule has 0 aliphatic rings. The number of nitrogen functional groups attached to an aromatic ring is 1. The van der Waals surface area contributed by atoms with Crippen molar-refractivity contribution in [1.29, 1.82) is 0 Å². The Hall–Kier alpha value is -1.73. The largest absolute Gasteiger partial charge is 0.397 e. The number of nitrogens with two attached hydrogens (primary N) is 1. The van der Waals surface area contributed by atoms with Gasteiger partial charge in [-0.3, -0.25) is 19.4 Å². The van der Waals surface area contributed by atoms with Gasteiger partial charge in [0.15, 0.2) is 5.16 Å². The number of hydrogen-bond acceptors (Lipinski definition) is 5. The molecule has 94 valence electrons. The number of nitrogens with one attached hydrogen (secondary N) is 1. The van der Waals surface area contributed by atoms with E-state index in [4.69, 9.17) is 17.3 Å². The molecule has 0 unspecified atom stereocenters. The Morgan fingerprint density at radius 3 is 2.89 bits per heavy atom. The molecule has 2 rings (SSSR count). The lowest BCUT2D eigenvalue weighted by Gasteiger charge is -2.08. The van der Waals surface area contributed by atoms with Crippen molar-refractivity contribution in [3.63, 3.8) is 0 Å². The van der Waals surface area contributed by atoms with Crippen molar-refractivity contribution in [3.8, 4) is 0 Å². The Bertz CT molecular complexity index is 710. The van der Waals surface area contributed by atoms with Gasteiger partial charge in [-0.05, 0) is 23.9 Å². The van der Waals surface area contributed by atoms with Crippen LogP contribution in [0.5, 0.6) is 0 Å². The molecule has 3 N–H and O–H groups in total. The number of benzene rings is 1. The van der Waals surface area contributed by atoms with E-state index in [1.807, 2.05) is 0 Å². The van der Waals surface area contributed by atoms with Gasteiger partial charge in [0.1, 0.15) is 0 Å². The first-order valence-electron chi connectivity index (χ1n) is 4.88. The molecule has 2 aromatic rings. The number of aromatic nitrogens is 3. The average molecular weight is 285 g/mol. The lowest BCUT2D eigenvalue weighted by molar-refractivity contribution is 0.596. The van der Waals surface area contributed by atoms with Crippen molar-refractivity contribution in [1.82, 2.24) is 14.8 Å². The molecule has 0 aliphatic carbocycles. The fourth-order valence-electron chi connectivity index (χ4n) is 1.26. The highest BCUT2D eigenvalue weighted by Crippen LogP contribution is 2.33. The summed E-state index contributed by atoms with van der Waals surface area (Å²) in [6.07, 6.45) is 0. The molecule has 0 radical (unpaired) electrons. The zero-order valence-electron chi connectivity index (χ0n) is 9.31. The highest BCUT2D eigenvalue weighted by Gasteiger charge is 2.09. The molecule has 18 heavy (non-hydrogen) atoms. The molecule has 0 saturated heterocycles. The SMILES string of the molecule is Cn1[nH]c(=O)c(=O)nc1Sc1cccc(Cl)c1N. The molecular weight excluding hydrogens is 276 g/mol. The highest BCUT2D eigenvalue weighted by atomic mass is 35.5.